The van der Waals surface area contributed by atoms with E-state index in [9.17, 15) is 9.59 Å². The largest absolute Gasteiger partial charge is 0.466 e. The highest BCUT2D eigenvalue weighted by molar-refractivity contribution is 5.72. The van der Waals surface area contributed by atoms with Gasteiger partial charge in [-0.1, -0.05) is 156 Å². The maximum atomic E-state index is 12.5. The zero-order valence-electron chi connectivity index (χ0n) is 26.9. The van der Waals surface area contributed by atoms with Crippen molar-refractivity contribution in [3.8, 4) is 0 Å². The topological polar surface area (TPSA) is 52.6 Å². The Kier molecular flexibility index (Phi) is 29.1. The predicted molar refractivity (Wildman–Crippen MR) is 167 cm³/mol. The van der Waals surface area contributed by atoms with Crippen LogP contribution < -0.4 is 0 Å². The molecule has 0 N–H and O–H groups in total. The summed E-state index contributed by atoms with van der Waals surface area (Å²) < 4.78 is 11.0. The highest BCUT2D eigenvalue weighted by Gasteiger charge is 2.23. The first-order valence-corrected chi connectivity index (χ1v) is 17.3. The average Bonchev–Trinajstić information content (AvgIpc) is 2.92. The highest BCUT2D eigenvalue weighted by Crippen LogP contribution is 2.22. The molecule has 0 aromatic heterocycles. The first-order chi connectivity index (χ1) is 19.0. The fraction of sp³-hybridized carbons (Fsp3) is 0.943. The first kappa shape index (κ1) is 37.9. The minimum absolute atomic E-state index is 0.00617. The molecule has 0 aromatic rings. The first-order valence-electron chi connectivity index (χ1n) is 17.3. The highest BCUT2D eigenvalue weighted by atomic mass is 16.5. The molecule has 4 heteroatoms. The Hall–Kier alpha value is -1.06. The predicted octanol–water partition coefficient (Wildman–Crippen LogP) is 11.1. The number of carbonyl (C=O) groups is 2. The van der Waals surface area contributed by atoms with Crippen molar-refractivity contribution in [3.63, 3.8) is 0 Å². The van der Waals surface area contributed by atoms with Crippen LogP contribution >= 0.6 is 0 Å². The lowest BCUT2D eigenvalue weighted by atomic mass is 9.90. The third-order valence-electron chi connectivity index (χ3n) is 8.01. The monoisotopic (exact) mass is 553 g/mol. The standard InChI is InChI=1S/C35H68O4/c1-5-7-9-11-22-26-30-38-34(36)29-25-21-19-17-15-13-14-16-18-20-24-28-33(32(3)4)35(37)39-31-27-23-12-10-8-6-2/h32-33H,5-31H2,1-4H3. The van der Waals surface area contributed by atoms with E-state index in [2.05, 4.69) is 27.7 Å². The molecule has 0 radical (unpaired) electrons. The van der Waals surface area contributed by atoms with Crippen LogP contribution in [0.5, 0.6) is 0 Å². The number of hydrogen-bond donors (Lipinski definition) is 0. The summed E-state index contributed by atoms with van der Waals surface area (Å²) in [4.78, 5) is 24.3. The van der Waals surface area contributed by atoms with E-state index in [0.717, 1.165) is 38.5 Å². The Morgan fingerprint density at radius 3 is 1.33 bits per heavy atom. The van der Waals surface area contributed by atoms with E-state index in [0.29, 0.717) is 25.6 Å². The Morgan fingerprint density at radius 1 is 0.487 bits per heavy atom. The molecule has 0 aliphatic rings. The van der Waals surface area contributed by atoms with Crippen molar-refractivity contribution >= 4 is 11.9 Å². The summed E-state index contributed by atoms with van der Waals surface area (Å²) in [6.07, 6.45) is 29.8. The van der Waals surface area contributed by atoms with Gasteiger partial charge in [-0.3, -0.25) is 9.59 Å². The zero-order valence-corrected chi connectivity index (χ0v) is 26.9. The molecule has 232 valence electrons. The van der Waals surface area contributed by atoms with Crippen molar-refractivity contribution in [3.05, 3.63) is 0 Å². The zero-order chi connectivity index (χ0) is 28.8. The van der Waals surface area contributed by atoms with Crippen molar-refractivity contribution in [2.45, 2.75) is 188 Å². The Bertz CT molecular complexity index is 531. The van der Waals surface area contributed by atoms with E-state index in [-0.39, 0.29) is 17.9 Å². The van der Waals surface area contributed by atoms with Gasteiger partial charge in [-0.05, 0) is 31.6 Å². The van der Waals surface area contributed by atoms with Crippen molar-refractivity contribution in [1.29, 1.82) is 0 Å². The lowest BCUT2D eigenvalue weighted by molar-refractivity contribution is -0.150. The van der Waals surface area contributed by atoms with Gasteiger partial charge in [0.2, 0.25) is 0 Å². The smallest absolute Gasteiger partial charge is 0.309 e. The molecule has 0 aliphatic heterocycles. The van der Waals surface area contributed by atoms with Gasteiger partial charge >= 0.3 is 11.9 Å². The summed E-state index contributed by atoms with van der Waals surface area (Å²) in [6, 6.07) is 0. The van der Waals surface area contributed by atoms with Crippen molar-refractivity contribution in [1.82, 2.24) is 0 Å². The molecular formula is C35H68O4. The van der Waals surface area contributed by atoms with E-state index in [1.807, 2.05) is 0 Å². The molecule has 0 saturated heterocycles. The lowest BCUT2D eigenvalue weighted by Gasteiger charge is -2.19. The fourth-order valence-corrected chi connectivity index (χ4v) is 5.25. The molecule has 0 aliphatic carbocycles. The Balaban J connectivity index is 3.51. The molecule has 0 saturated carbocycles. The molecule has 0 bridgehead atoms. The summed E-state index contributed by atoms with van der Waals surface area (Å²) in [6.45, 7) is 9.97. The second-order valence-corrected chi connectivity index (χ2v) is 12.2. The van der Waals surface area contributed by atoms with Crippen LogP contribution in [-0.4, -0.2) is 25.2 Å². The molecule has 0 fully saturated rings. The molecule has 1 atom stereocenters. The number of rotatable bonds is 30. The van der Waals surface area contributed by atoms with E-state index in [1.165, 1.54) is 116 Å². The third kappa shape index (κ3) is 26.9. The summed E-state index contributed by atoms with van der Waals surface area (Å²) in [5.74, 6) is 0.446. The third-order valence-corrected chi connectivity index (χ3v) is 8.01. The van der Waals surface area contributed by atoms with Gasteiger partial charge in [0.1, 0.15) is 0 Å². The quantitative estimate of drug-likeness (QED) is 0.0656. The van der Waals surface area contributed by atoms with E-state index in [1.54, 1.807) is 0 Å². The molecular weight excluding hydrogens is 484 g/mol. The van der Waals surface area contributed by atoms with Gasteiger partial charge in [0, 0.05) is 6.42 Å². The normalized spacial score (nSPS) is 12.1. The molecule has 0 spiro atoms. The van der Waals surface area contributed by atoms with Crippen LogP contribution in [0.1, 0.15) is 188 Å². The van der Waals surface area contributed by atoms with Gasteiger partial charge in [0.15, 0.2) is 0 Å². The van der Waals surface area contributed by atoms with Crippen LogP contribution in [0, 0.1) is 11.8 Å². The fourth-order valence-electron chi connectivity index (χ4n) is 5.25. The van der Waals surface area contributed by atoms with Crippen molar-refractivity contribution in [2.75, 3.05) is 13.2 Å². The second-order valence-electron chi connectivity index (χ2n) is 12.2. The minimum atomic E-state index is -0.00617. The van der Waals surface area contributed by atoms with Crippen LogP contribution in [0.2, 0.25) is 0 Å². The minimum Gasteiger partial charge on any atom is -0.466 e. The van der Waals surface area contributed by atoms with Gasteiger partial charge in [0.25, 0.3) is 0 Å². The van der Waals surface area contributed by atoms with Crippen molar-refractivity contribution in [2.24, 2.45) is 11.8 Å². The summed E-state index contributed by atoms with van der Waals surface area (Å²) in [5.41, 5.74) is 0. The Morgan fingerprint density at radius 2 is 0.872 bits per heavy atom. The van der Waals surface area contributed by atoms with Crippen LogP contribution in [0.4, 0.5) is 0 Å². The van der Waals surface area contributed by atoms with Crippen LogP contribution in [0.3, 0.4) is 0 Å². The Labute approximate surface area is 244 Å². The summed E-state index contributed by atoms with van der Waals surface area (Å²) in [5, 5.41) is 0. The molecule has 1 unspecified atom stereocenters. The maximum Gasteiger partial charge on any atom is 0.309 e. The molecule has 0 rings (SSSR count). The average molecular weight is 553 g/mol. The molecule has 0 amide bonds. The lowest BCUT2D eigenvalue weighted by Crippen LogP contribution is -2.23. The van der Waals surface area contributed by atoms with Gasteiger partial charge in [-0.2, -0.15) is 0 Å². The van der Waals surface area contributed by atoms with Crippen LogP contribution in [0.25, 0.3) is 0 Å². The number of hydrogen-bond acceptors (Lipinski definition) is 4. The second kappa shape index (κ2) is 29.9. The van der Waals surface area contributed by atoms with Gasteiger partial charge < -0.3 is 9.47 Å². The van der Waals surface area contributed by atoms with E-state index >= 15 is 0 Å². The summed E-state index contributed by atoms with van der Waals surface area (Å²) in [7, 11) is 0. The maximum absolute atomic E-state index is 12.5. The SMILES string of the molecule is CCCCCCCCOC(=O)CCCCCCCCCCCCCC(C(=O)OCCCCCCCC)C(C)C. The van der Waals surface area contributed by atoms with Crippen LogP contribution in [0.15, 0.2) is 0 Å². The molecule has 0 aromatic carbocycles. The van der Waals surface area contributed by atoms with E-state index in [4.69, 9.17) is 9.47 Å². The van der Waals surface area contributed by atoms with Crippen molar-refractivity contribution < 1.29 is 19.1 Å². The van der Waals surface area contributed by atoms with Gasteiger partial charge in [-0.15, -0.1) is 0 Å². The number of ether oxygens (including phenoxy) is 2. The van der Waals surface area contributed by atoms with Gasteiger partial charge in [0.05, 0.1) is 19.1 Å². The van der Waals surface area contributed by atoms with Crippen LogP contribution in [-0.2, 0) is 19.1 Å². The van der Waals surface area contributed by atoms with E-state index < -0.39 is 0 Å². The number of esters is 2. The van der Waals surface area contributed by atoms with Gasteiger partial charge in [-0.25, -0.2) is 0 Å². The molecule has 4 nitrogen and oxygen atoms in total. The summed E-state index contributed by atoms with van der Waals surface area (Å²) >= 11 is 0. The number of unbranched alkanes of at least 4 members (excludes halogenated alkanes) is 20. The molecule has 39 heavy (non-hydrogen) atoms. The molecule has 0 heterocycles. The number of carbonyl (C=O) groups excluding carboxylic acids is 2.